The third kappa shape index (κ3) is 4.28. The molecule has 1 N–H and O–H groups in total. The van der Waals surface area contributed by atoms with Crippen LogP contribution in [0.4, 0.5) is 0 Å². The van der Waals surface area contributed by atoms with Gasteiger partial charge in [0, 0.05) is 37.5 Å². The van der Waals surface area contributed by atoms with Crippen LogP contribution in [0.5, 0.6) is 0 Å². The van der Waals surface area contributed by atoms with Gasteiger partial charge in [0.1, 0.15) is 5.52 Å². The number of para-hydroxylation sites is 1. The van der Waals surface area contributed by atoms with E-state index in [1.54, 1.807) is 24.4 Å². The molecule has 0 saturated carbocycles. The number of amides is 1. The number of fused-ring (bicyclic) bond motifs is 2. The fraction of sp³-hybridized carbons (Fsp3) is 0.133. The number of aryl methyl sites for hydroxylation is 2. The lowest BCUT2D eigenvalue weighted by atomic mass is 10.1. The lowest BCUT2D eigenvalue weighted by Gasteiger charge is -2.20. The van der Waals surface area contributed by atoms with Crippen LogP contribution in [0.1, 0.15) is 45.8 Å². The molecule has 9 heteroatoms. The molecule has 6 aromatic rings. The van der Waals surface area contributed by atoms with Crippen molar-refractivity contribution in [2.75, 3.05) is 0 Å². The maximum Gasteiger partial charge on any atom is 0.280 e. The number of hydrogen-bond acceptors (Lipinski definition) is 4. The average molecular weight is 516 g/mol. The molecule has 0 aliphatic carbocycles. The smallest absolute Gasteiger partial charge is 0.280 e. The van der Waals surface area contributed by atoms with E-state index >= 15 is 0 Å². The number of nitrogens with zero attached hydrogens (tertiary/aromatic N) is 6. The summed E-state index contributed by atoms with van der Waals surface area (Å²) in [5.41, 5.74) is 4.77. The van der Waals surface area contributed by atoms with Gasteiger partial charge in [0.05, 0.1) is 45.8 Å². The maximum absolute atomic E-state index is 14.0. The van der Waals surface area contributed by atoms with Gasteiger partial charge >= 0.3 is 0 Å². The second kappa shape index (κ2) is 9.50. The molecular formula is C30H25N7O2. The van der Waals surface area contributed by atoms with Crippen molar-refractivity contribution in [1.29, 1.82) is 0 Å². The highest BCUT2D eigenvalue weighted by Gasteiger charge is 2.23. The first kappa shape index (κ1) is 24.0. The van der Waals surface area contributed by atoms with E-state index in [4.69, 9.17) is 0 Å². The van der Waals surface area contributed by atoms with Crippen LogP contribution in [0.15, 0.2) is 90.4 Å². The molecule has 1 amide bonds. The van der Waals surface area contributed by atoms with Crippen molar-refractivity contribution in [3.8, 4) is 17.5 Å². The van der Waals surface area contributed by atoms with Crippen LogP contribution in [-0.2, 0) is 7.05 Å². The first-order chi connectivity index (χ1) is 18.9. The van der Waals surface area contributed by atoms with Crippen molar-refractivity contribution in [3.63, 3.8) is 0 Å². The molecule has 0 unspecified atom stereocenters. The standard InChI is InChI=1S/C30H25N7O2/c1-20(32-29(38)27-21(2)33-36-15-8-7-11-25(27)36)26-19-35-16-14-23(13-12-22-17-31-34(3)18-22)28(35)30(39)37(26)24-9-5-4-6-10-24/h4-11,14-20H,1-3H3,(H,32,38)/t20-/m0/s1. The fourth-order valence-corrected chi connectivity index (χ4v) is 4.82. The minimum absolute atomic E-state index is 0.229. The first-order valence-corrected chi connectivity index (χ1v) is 12.5. The Morgan fingerprint density at radius 2 is 1.79 bits per heavy atom. The fourth-order valence-electron chi connectivity index (χ4n) is 4.82. The third-order valence-corrected chi connectivity index (χ3v) is 6.64. The van der Waals surface area contributed by atoms with Crippen molar-refractivity contribution in [1.82, 2.24) is 33.7 Å². The van der Waals surface area contributed by atoms with Gasteiger partial charge in [0.2, 0.25) is 0 Å². The molecule has 0 spiro atoms. The predicted molar refractivity (Wildman–Crippen MR) is 148 cm³/mol. The Kier molecular flexibility index (Phi) is 5.85. The van der Waals surface area contributed by atoms with Gasteiger partial charge in [-0.2, -0.15) is 10.2 Å². The summed E-state index contributed by atoms with van der Waals surface area (Å²) < 4.78 is 6.78. The number of carbonyl (C=O) groups excluding carboxylic acids is 1. The summed E-state index contributed by atoms with van der Waals surface area (Å²) in [6.07, 6.45) is 8.99. The molecule has 0 bridgehead atoms. The summed E-state index contributed by atoms with van der Waals surface area (Å²) >= 11 is 0. The minimum Gasteiger partial charge on any atom is -0.344 e. The van der Waals surface area contributed by atoms with Crippen molar-refractivity contribution >= 4 is 16.9 Å². The zero-order valence-corrected chi connectivity index (χ0v) is 21.7. The van der Waals surface area contributed by atoms with E-state index in [9.17, 15) is 9.59 Å². The highest BCUT2D eigenvalue weighted by atomic mass is 16.2. The predicted octanol–water partition coefficient (Wildman–Crippen LogP) is 3.67. The van der Waals surface area contributed by atoms with Gasteiger partial charge in [-0.3, -0.25) is 18.8 Å². The Morgan fingerprint density at radius 3 is 2.56 bits per heavy atom. The molecule has 0 aliphatic rings. The quantitative estimate of drug-likeness (QED) is 0.363. The summed E-state index contributed by atoms with van der Waals surface area (Å²) in [5.74, 6) is 5.95. The number of aromatic nitrogens is 6. The average Bonchev–Trinajstić information content (AvgIpc) is 3.63. The van der Waals surface area contributed by atoms with E-state index in [0.29, 0.717) is 33.7 Å². The molecule has 0 fully saturated rings. The van der Waals surface area contributed by atoms with Crippen molar-refractivity contribution in [3.05, 3.63) is 124 Å². The van der Waals surface area contributed by atoms with Crippen molar-refractivity contribution < 1.29 is 4.79 Å². The molecule has 5 aromatic heterocycles. The van der Waals surface area contributed by atoms with E-state index < -0.39 is 6.04 Å². The van der Waals surface area contributed by atoms with Gasteiger partial charge < -0.3 is 9.72 Å². The Balaban J connectivity index is 1.45. The van der Waals surface area contributed by atoms with Gasteiger partial charge in [-0.15, -0.1) is 0 Å². The summed E-state index contributed by atoms with van der Waals surface area (Å²) in [6.45, 7) is 3.68. The molecule has 5 heterocycles. The van der Waals surface area contributed by atoms with Crippen LogP contribution in [0.3, 0.4) is 0 Å². The highest BCUT2D eigenvalue weighted by molar-refractivity contribution is 6.02. The summed E-state index contributed by atoms with van der Waals surface area (Å²) in [7, 11) is 1.83. The van der Waals surface area contributed by atoms with Crippen LogP contribution in [0, 0.1) is 18.8 Å². The van der Waals surface area contributed by atoms with Gasteiger partial charge in [-0.1, -0.05) is 36.1 Å². The lowest BCUT2D eigenvalue weighted by molar-refractivity contribution is 0.0939. The van der Waals surface area contributed by atoms with Crippen LogP contribution in [0.2, 0.25) is 0 Å². The van der Waals surface area contributed by atoms with Gasteiger partial charge in [-0.25, -0.2) is 4.52 Å². The normalized spacial score (nSPS) is 11.9. The molecule has 9 nitrogen and oxygen atoms in total. The Morgan fingerprint density at radius 1 is 1.00 bits per heavy atom. The van der Waals surface area contributed by atoms with Crippen molar-refractivity contribution in [2.45, 2.75) is 19.9 Å². The molecule has 1 aromatic carbocycles. The van der Waals surface area contributed by atoms with E-state index in [-0.39, 0.29) is 11.5 Å². The van der Waals surface area contributed by atoms with Crippen LogP contribution >= 0.6 is 0 Å². The molecule has 192 valence electrons. The van der Waals surface area contributed by atoms with Gasteiger partial charge in [-0.05, 0) is 44.2 Å². The Hall–Kier alpha value is -5.36. The molecular weight excluding hydrogens is 490 g/mol. The maximum atomic E-state index is 14.0. The molecule has 1 atom stereocenters. The second-order valence-corrected chi connectivity index (χ2v) is 9.35. The number of carbonyl (C=O) groups is 1. The SMILES string of the molecule is Cc1nn2ccccc2c1C(=O)N[C@@H](C)c1cn2ccc(C#Cc3cnn(C)c3)c2c(=O)n1-c1ccccc1. The van der Waals surface area contributed by atoms with Crippen molar-refractivity contribution in [2.24, 2.45) is 7.05 Å². The van der Waals surface area contributed by atoms with E-state index in [1.807, 2.05) is 100 Å². The zero-order valence-electron chi connectivity index (χ0n) is 21.7. The largest absolute Gasteiger partial charge is 0.344 e. The topological polar surface area (TPSA) is 90.6 Å². The second-order valence-electron chi connectivity index (χ2n) is 9.35. The van der Waals surface area contributed by atoms with Crippen LogP contribution < -0.4 is 10.9 Å². The molecule has 39 heavy (non-hydrogen) atoms. The number of hydrogen-bond donors (Lipinski definition) is 1. The van der Waals surface area contributed by atoms with E-state index in [2.05, 4.69) is 27.4 Å². The summed E-state index contributed by atoms with van der Waals surface area (Å²) in [6, 6.07) is 16.3. The highest BCUT2D eigenvalue weighted by Crippen LogP contribution is 2.21. The number of rotatable bonds is 4. The van der Waals surface area contributed by atoms with Gasteiger partial charge in [0.25, 0.3) is 11.5 Å². The van der Waals surface area contributed by atoms with Crippen LogP contribution in [0.25, 0.3) is 16.7 Å². The van der Waals surface area contributed by atoms with Crippen LogP contribution in [-0.4, -0.2) is 34.3 Å². The lowest BCUT2D eigenvalue weighted by Crippen LogP contribution is -2.33. The molecule has 0 aliphatic heterocycles. The number of benzene rings is 1. The molecule has 6 rings (SSSR count). The first-order valence-electron chi connectivity index (χ1n) is 12.5. The Bertz CT molecular complexity index is 1980. The summed E-state index contributed by atoms with van der Waals surface area (Å²) in [5, 5.41) is 11.7. The number of pyridine rings is 1. The molecule has 0 saturated heterocycles. The van der Waals surface area contributed by atoms with E-state index in [1.165, 1.54) is 0 Å². The number of nitrogens with one attached hydrogen (secondary N) is 1. The minimum atomic E-state index is -0.500. The molecule has 0 radical (unpaired) electrons. The monoisotopic (exact) mass is 515 g/mol. The van der Waals surface area contributed by atoms with Gasteiger partial charge in [0.15, 0.2) is 0 Å². The third-order valence-electron chi connectivity index (χ3n) is 6.64. The van der Waals surface area contributed by atoms with E-state index in [0.717, 1.165) is 11.1 Å². The zero-order chi connectivity index (χ0) is 27.1. The Labute approximate surface area is 223 Å². The summed E-state index contributed by atoms with van der Waals surface area (Å²) in [4.78, 5) is 27.5.